The fourth-order valence-corrected chi connectivity index (χ4v) is 1.50. The second-order valence-corrected chi connectivity index (χ2v) is 3.55. The van der Waals surface area contributed by atoms with Crippen LogP contribution in [-0.4, -0.2) is 6.08 Å². The predicted octanol–water partition coefficient (Wildman–Crippen LogP) is 2.51. The zero-order valence-corrected chi connectivity index (χ0v) is 9.03. The standard InChI is InChI=1S/C12H12N2O/c1-8-4-10(3)11(5-9(8)2)12(6-13)14-7-15/h4-5,12H,1-3H3. The maximum atomic E-state index is 10.2. The Balaban J connectivity index is 3.31. The fourth-order valence-electron chi connectivity index (χ4n) is 1.50. The fraction of sp³-hybridized carbons (Fsp3) is 0.333. The average Bonchev–Trinajstić information content (AvgIpc) is 2.20. The van der Waals surface area contributed by atoms with Gasteiger partial charge in [-0.05, 0) is 43.0 Å². The molecule has 0 aliphatic rings. The molecular weight excluding hydrogens is 188 g/mol. The molecular formula is C12H12N2O. The number of benzene rings is 1. The molecule has 76 valence electrons. The third-order valence-corrected chi connectivity index (χ3v) is 2.48. The van der Waals surface area contributed by atoms with Crippen molar-refractivity contribution in [2.24, 2.45) is 4.99 Å². The molecule has 1 unspecified atom stereocenters. The van der Waals surface area contributed by atoms with Gasteiger partial charge in [-0.2, -0.15) is 10.3 Å². The molecule has 0 amide bonds. The van der Waals surface area contributed by atoms with E-state index in [0.29, 0.717) is 0 Å². The summed E-state index contributed by atoms with van der Waals surface area (Å²) in [7, 11) is 0. The molecule has 0 aromatic heterocycles. The summed E-state index contributed by atoms with van der Waals surface area (Å²) in [5, 5.41) is 8.87. The summed E-state index contributed by atoms with van der Waals surface area (Å²) >= 11 is 0. The lowest BCUT2D eigenvalue weighted by atomic mass is 9.97. The van der Waals surface area contributed by atoms with Crippen LogP contribution < -0.4 is 0 Å². The van der Waals surface area contributed by atoms with Crippen LogP contribution >= 0.6 is 0 Å². The molecule has 1 aromatic rings. The lowest BCUT2D eigenvalue weighted by Gasteiger charge is -2.10. The Morgan fingerprint density at radius 3 is 2.33 bits per heavy atom. The minimum absolute atomic E-state index is 0.734. The van der Waals surface area contributed by atoms with Gasteiger partial charge in [0.15, 0.2) is 6.04 Å². The van der Waals surface area contributed by atoms with Crippen molar-refractivity contribution >= 4 is 6.08 Å². The first-order valence-electron chi connectivity index (χ1n) is 4.64. The van der Waals surface area contributed by atoms with Crippen molar-refractivity contribution in [1.82, 2.24) is 0 Å². The van der Waals surface area contributed by atoms with Crippen molar-refractivity contribution in [2.75, 3.05) is 0 Å². The van der Waals surface area contributed by atoms with Crippen molar-refractivity contribution in [2.45, 2.75) is 26.8 Å². The van der Waals surface area contributed by atoms with Gasteiger partial charge in [-0.3, -0.25) is 0 Å². The number of hydrogen-bond donors (Lipinski definition) is 0. The minimum Gasteiger partial charge on any atom is -0.211 e. The number of nitrogens with zero attached hydrogens (tertiary/aromatic N) is 2. The van der Waals surface area contributed by atoms with E-state index in [-0.39, 0.29) is 0 Å². The molecule has 0 saturated heterocycles. The van der Waals surface area contributed by atoms with Gasteiger partial charge >= 0.3 is 0 Å². The van der Waals surface area contributed by atoms with Crippen molar-refractivity contribution in [3.8, 4) is 6.07 Å². The Labute approximate surface area is 89.1 Å². The molecule has 0 radical (unpaired) electrons. The minimum atomic E-state index is -0.734. The largest absolute Gasteiger partial charge is 0.236 e. The maximum absolute atomic E-state index is 10.2. The van der Waals surface area contributed by atoms with E-state index in [9.17, 15) is 4.79 Å². The summed E-state index contributed by atoms with van der Waals surface area (Å²) in [6.45, 7) is 5.89. The van der Waals surface area contributed by atoms with Crippen molar-refractivity contribution in [3.05, 3.63) is 34.4 Å². The molecule has 0 aliphatic heterocycles. The monoisotopic (exact) mass is 200 g/mol. The third kappa shape index (κ3) is 2.31. The molecule has 0 aliphatic carbocycles. The van der Waals surface area contributed by atoms with Gasteiger partial charge in [-0.1, -0.05) is 12.1 Å². The lowest BCUT2D eigenvalue weighted by Crippen LogP contribution is -1.97. The molecule has 15 heavy (non-hydrogen) atoms. The van der Waals surface area contributed by atoms with Crippen molar-refractivity contribution in [3.63, 3.8) is 0 Å². The number of aryl methyl sites for hydroxylation is 3. The molecule has 3 nitrogen and oxygen atoms in total. The SMILES string of the molecule is Cc1cc(C)c(C(C#N)N=C=O)cc1C. The number of isocyanates is 1. The predicted molar refractivity (Wildman–Crippen MR) is 57.1 cm³/mol. The lowest BCUT2D eigenvalue weighted by molar-refractivity contribution is 0.561. The summed E-state index contributed by atoms with van der Waals surface area (Å²) in [6.07, 6.45) is 1.43. The number of aliphatic imine (C=N–C) groups is 1. The van der Waals surface area contributed by atoms with Crippen LogP contribution in [-0.2, 0) is 4.79 Å². The maximum Gasteiger partial charge on any atom is 0.236 e. The molecule has 0 bridgehead atoms. The highest BCUT2D eigenvalue weighted by Crippen LogP contribution is 2.23. The van der Waals surface area contributed by atoms with E-state index >= 15 is 0 Å². The molecule has 0 fully saturated rings. The number of nitriles is 1. The van der Waals surface area contributed by atoms with Crippen molar-refractivity contribution in [1.29, 1.82) is 5.26 Å². The topological polar surface area (TPSA) is 53.2 Å². The normalized spacial score (nSPS) is 11.3. The van der Waals surface area contributed by atoms with Gasteiger partial charge in [0.2, 0.25) is 6.08 Å². The molecule has 1 aromatic carbocycles. The van der Waals surface area contributed by atoms with Gasteiger partial charge in [-0.15, -0.1) is 0 Å². The first-order chi connectivity index (χ1) is 7.10. The molecule has 0 N–H and O–H groups in total. The zero-order valence-electron chi connectivity index (χ0n) is 9.03. The summed E-state index contributed by atoms with van der Waals surface area (Å²) in [5.41, 5.74) is 4.02. The van der Waals surface area contributed by atoms with Gasteiger partial charge in [0, 0.05) is 0 Å². The van der Waals surface area contributed by atoms with Crippen LogP contribution in [0.1, 0.15) is 28.3 Å². The summed E-state index contributed by atoms with van der Waals surface area (Å²) in [6, 6.07) is 5.14. The van der Waals surface area contributed by atoms with Crippen LogP contribution in [0, 0.1) is 32.1 Å². The van der Waals surface area contributed by atoms with E-state index in [1.807, 2.05) is 39.0 Å². The zero-order chi connectivity index (χ0) is 11.4. The Morgan fingerprint density at radius 1 is 1.20 bits per heavy atom. The molecule has 1 atom stereocenters. The second kappa shape index (κ2) is 4.54. The summed E-state index contributed by atoms with van der Waals surface area (Å²) in [4.78, 5) is 13.6. The summed E-state index contributed by atoms with van der Waals surface area (Å²) < 4.78 is 0. The second-order valence-electron chi connectivity index (χ2n) is 3.55. The molecule has 3 heteroatoms. The Kier molecular flexibility index (Phi) is 3.38. The Bertz CT molecular complexity index is 465. The van der Waals surface area contributed by atoms with Crippen LogP contribution in [0.5, 0.6) is 0 Å². The van der Waals surface area contributed by atoms with Gasteiger partial charge < -0.3 is 0 Å². The van der Waals surface area contributed by atoms with Crippen LogP contribution in [0.3, 0.4) is 0 Å². The van der Waals surface area contributed by atoms with Gasteiger partial charge in [0.05, 0.1) is 6.07 Å². The highest BCUT2D eigenvalue weighted by Gasteiger charge is 2.12. The summed E-state index contributed by atoms with van der Waals surface area (Å²) in [5.74, 6) is 0. The first-order valence-corrected chi connectivity index (χ1v) is 4.64. The van der Waals surface area contributed by atoms with Gasteiger partial charge in [0.1, 0.15) is 0 Å². The first kappa shape index (κ1) is 11.2. The van der Waals surface area contributed by atoms with E-state index in [2.05, 4.69) is 4.99 Å². The number of rotatable bonds is 2. The molecule has 0 spiro atoms. The van der Waals surface area contributed by atoms with Crippen molar-refractivity contribution < 1.29 is 4.79 Å². The van der Waals surface area contributed by atoms with Crippen LogP contribution in [0.15, 0.2) is 17.1 Å². The Morgan fingerprint density at radius 2 is 1.80 bits per heavy atom. The number of hydrogen-bond acceptors (Lipinski definition) is 3. The van der Waals surface area contributed by atoms with E-state index in [1.54, 1.807) is 0 Å². The van der Waals surface area contributed by atoms with E-state index in [1.165, 1.54) is 11.6 Å². The quantitative estimate of drug-likeness (QED) is 0.544. The van der Waals surface area contributed by atoms with Crippen LogP contribution in [0.2, 0.25) is 0 Å². The van der Waals surface area contributed by atoms with Crippen LogP contribution in [0.25, 0.3) is 0 Å². The molecule has 0 heterocycles. The number of carbonyl (C=O) groups excluding carboxylic acids is 1. The molecule has 1 rings (SSSR count). The van der Waals surface area contributed by atoms with E-state index in [4.69, 9.17) is 5.26 Å². The average molecular weight is 200 g/mol. The highest BCUT2D eigenvalue weighted by atomic mass is 16.1. The van der Waals surface area contributed by atoms with Crippen LogP contribution in [0.4, 0.5) is 0 Å². The smallest absolute Gasteiger partial charge is 0.211 e. The molecule has 0 saturated carbocycles. The highest BCUT2D eigenvalue weighted by molar-refractivity contribution is 5.43. The Hall–Kier alpha value is -1.91. The van der Waals surface area contributed by atoms with Gasteiger partial charge in [-0.25, -0.2) is 4.79 Å². The van der Waals surface area contributed by atoms with Gasteiger partial charge in [0.25, 0.3) is 0 Å². The van der Waals surface area contributed by atoms with E-state index in [0.717, 1.165) is 16.7 Å². The third-order valence-electron chi connectivity index (χ3n) is 2.48. The van der Waals surface area contributed by atoms with E-state index < -0.39 is 6.04 Å².